The van der Waals surface area contributed by atoms with E-state index >= 15 is 0 Å². The number of thioether (sulfide) groups is 1. The molecule has 0 bridgehead atoms. The van der Waals surface area contributed by atoms with Crippen LogP contribution < -0.4 is 10.6 Å². The van der Waals surface area contributed by atoms with Crippen molar-refractivity contribution in [1.29, 1.82) is 0 Å². The largest absolute Gasteiger partial charge is 0.351 e. The lowest BCUT2D eigenvalue weighted by atomic mass is 10.2. The van der Waals surface area contributed by atoms with E-state index in [4.69, 9.17) is 0 Å². The summed E-state index contributed by atoms with van der Waals surface area (Å²) in [6, 6.07) is 0.376. The second-order valence-electron chi connectivity index (χ2n) is 5.08. The fraction of sp³-hybridized carbons (Fsp3) is 0.917. The molecule has 2 aliphatic rings. The van der Waals surface area contributed by atoms with Gasteiger partial charge in [0.25, 0.3) is 0 Å². The van der Waals surface area contributed by atoms with Crippen molar-refractivity contribution in [2.45, 2.75) is 30.6 Å². The molecule has 1 amide bonds. The van der Waals surface area contributed by atoms with Gasteiger partial charge in [-0.15, -0.1) is 11.8 Å². The van der Waals surface area contributed by atoms with Crippen molar-refractivity contribution in [3.8, 4) is 0 Å². The van der Waals surface area contributed by atoms with Crippen LogP contribution in [0.2, 0.25) is 0 Å². The van der Waals surface area contributed by atoms with Crippen molar-refractivity contribution in [2.75, 3.05) is 39.0 Å². The van der Waals surface area contributed by atoms with Gasteiger partial charge in [0.05, 0.1) is 5.75 Å². The van der Waals surface area contributed by atoms with Gasteiger partial charge in [-0.05, 0) is 45.9 Å². The summed E-state index contributed by atoms with van der Waals surface area (Å²) in [5.41, 5.74) is 0. The zero-order chi connectivity index (χ0) is 12.1. The topological polar surface area (TPSA) is 44.4 Å². The Bertz CT molecular complexity index is 256. The molecule has 0 aromatic rings. The predicted molar refractivity (Wildman–Crippen MR) is 72.4 cm³/mol. The van der Waals surface area contributed by atoms with Crippen molar-refractivity contribution in [2.24, 2.45) is 0 Å². The van der Waals surface area contributed by atoms with Gasteiger partial charge in [0.15, 0.2) is 0 Å². The normalized spacial score (nSPS) is 27.2. The lowest BCUT2D eigenvalue weighted by Crippen LogP contribution is -2.38. The fourth-order valence-electron chi connectivity index (χ4n) is 2.48. The third-order valence-electron chi connectivity index (χ3n) is 3.49. The molecule has 5 heteroatoms. The number of hydrogen-bond donors (Lipinski definition) is 2. The highest BCUT2D eigenvalue weighted by atomic mass is 32.2. The van der Waals surface area contributed by atoms with Crippen LogP contribution in [0.4, 0.5) is 0 Å². The molecule has 4 nitrogen and oxygen atoms in total. The Morgan fingerprint density at radius 3 is 2.82 bits per heavy atom. The molecule has 17 heavy (non-hydrogen) atoms. The lowest BCUT2D eigenvalue weighted by Gasteiger charge is -2.22. The third-order valence-corrected chi connectivity index (χ3v) is 4.86. The number of rotatable bonds is 4. The van der Waals surface area contributed by atoms with Crippen molar-refractivity contribution in [1.82, 2.24) is 15.5 Å². The Kier molecular flexibility index (Phi) is 5.13. The van der Waals surface area contributed by atoms with E-state index in [-0.39, 0.29) is 5.91 Å². The molecule has 2 rings (SSSR count). The average Bonchev–Trinajstić information content (AvgIpc) is 2.73. The van der Waals surface area contributed by atoms with E-state index in [0.717, 1.165) is 32.6 Å². The molecule has 1 unspecified atom stereocenters. The molecule has 2 fully saturated rings. The van der Waals surface area contributed by atoms with Crippen LogP contribution >= 0.6 is 11.8 Å². The van der Waals surface area contributed by atoms with Gasteiger partial charge in [0.1, 0.15) is 0 Å². The van der Waals surface area contributed by atoms with Crippen molar-refractivity contribution < 1.29 is 4.79 Å². The summed E-state index contributed by atoms with van der Waals surface area (Å²) in [4.78, 5) is 14.1. The van der Waals surface area contributed by atoms with Gasteiger partial charge in [-0.25, -0.2) is 0 Å². The van der Waals surface area contributed by atoms with Crippen LogP contribution in [0.25, 0.3) is 0 Å². The van der Waals surface area contributed by atoms with Gasteiger partial charge in [-0.2, -0.15) is 0 Å². The highest BCUT2D eigenvalue weighted by Gasteiger charge is 2.21. The van der Waals surface area contributed by atoms with E-state index in [0.29, 0.717) is 17.0 Å². The molecule has 0 aromatic carbocycles. The highest BCUT2D eigenvalue weighted by molar-refractivity contribution is 8.00. The van der Waals surface area contributed by atoms with E-state index in [1.54, 1.807) is 0 Å². The van der Waals surface area contributed by atoms with Gasteiger partial charge in [-0.1, -0.05) is 0 Å². The van der Waals surface area contributed by atoms with Crippen LogP contribution in [0, 0.1) is 0 Å². The number of piperidine rings is 1. The minimum atomic E-state index is 0.217. The maximum absolute atomic E-state index is 11.8. The number of carbonyl (C=O) groups excluding carboxylic acids is 1. The van der Waals surface area contributed by atoms with Crippen molar-refractivity contribution in [3.63, 3.8) is 0 Å². The molecule has 2 heterocycles. The quantitative estimate of drug-likeness (QED) is 0.760. The first-order chi connectivity index (χ1) is 8.24. The first-order valence-electron chi connectivity index (χ1n) is 6.54. The maximum Gasteiger partial charge on any atom is 0.230 e. The number of amides is 1. The van der Waals surface area contributed by atoms with Crippen molar-refractivity contribution in [3.05, 3.63) is 0 Å². The number of nitrogens with one attached hydrogen (secondary N) is 2. The zero-order valence-electron chi connectivity index (χ0n) is 10.6. The smallest absolute Gasteiger partial charge is 0.230 e. The van der Waals surface area contributed by atoms with E-state index in [2.05, 4.69) is 22.6 Å². The summed E-state index contributed by atoms with van der Waals surface area (Å²) >= 11 is 1.82. The summed E-state index contributed by atoms with van der Waals surface area (Å²) in [6.07, 6.45) is 3.49. The van der Waals surface area contributed by atoms with Crippen molar-refractivity contribution >= 4 is 17.7 Å². The van der Waals surface area contributed by atoms with Gasteiger partial charge in [0.2, 0.25) is 5.91 Å². The maximum atomic E-state index is 11.8. The van der Waals surface area contributed by atoms with Crippen LogP contribution in [-0.2, 0) is 4.79 Å². The fourth-order valence-corrected chi connectivity index (χ4v) is 3.52. The molecule has 0 aromatic heterocycles. The lowest BCUT2D eigenvalue weighted by molar-refractivity contribution is -0.119. The summed E-state index contributed by atoms with van der Waals surface area (Å²) in [6.45, 7) is 4.32. The summed E-state index contributed by atoms with van der Waals surface area (Å²) < 4.78 is 0. The summed E-state index contributed by atoms with van der Waals surface area (Å²) in [5, 5.41) is 7.15. The van der Waals surface area contributed by atoms with E-state index < -0.39 is 0 Å². The Hall–Kier alpha value is -0.260. The average molecular weight is 257 g/mol. The van der Waals surface area contributed by atoms with Gasteiger partial charge < -0.3 is 15.5 Å². The molecule has 0 radical (unpaired) electrons. The number of likely N-dealkylation sites (tertiary alicyclic amines) is 1. The SMILES string of the molecule is CN1CCC(NC(=O)CSC2CCNCC2)C1. The molecule has 0 aliphatic carbocycles. The second-order valence-corrected chi connectivity index (χ2v) is 6.36. The van der Waals surface area contributed by atoms with Crippen LogP contribution in [-0.4, -0.2) is 61.1 Å². The molecule has 1 atom stereocenters. The minimum Gasteiger partial charge on any atom is -0.351 e. The van der Waals surface area contributed by atoms with Crippen LogP contribution in [0.1, 0.15) is 19.3 Å². The summed E-state index contributed by atoms with van der Waals surface area (Å²) in [7, 11) is 2.11. The first-order valence-corrected chi connectivity index (χ1v) is 7.59. The number of hydrogen-bond acceptors (Lipinski definition) is 4. The van der Waals surface area contributed by atoms with E-state index in [1.807, 2.05) is 11.8 Å². The second kappa shape index (κ2) is 6.61. The molecule has 0 saturated carbocycles. The van der Waals surface area contributed by atoms with Gasteiger partial charge in [-0.3, -0.25) is 4.79 Å². The Labute approximate surface area is 108 Å². The number of carbonyl (C=O) groups is 1. The zero-order valence-corrected chi connectivity index (χ0v) is 11.4. The first kappa shape index (κ1) is 13.2. The van der Waals surface area contributed by atoms with Gasteiger partial charge in [0, 0.05) is 17.8 Å². The minimum absolute atomic E-state index is 0.217. The molecule has 0 spiro atoms. The van der Waals surface area contributed by atoms with Crippen LogP contribution in [0.5, 0.6) is 0 Å². The number of likely N-dealkylation sites (N-methyl/N-ethyl adjacent to an activating group) is 1. The molecule has 98 valence electrons. The van der Waals surface area contributed by atoms with E-state index in [9.17, 15) is 4.79 Å². The highest BCUT2D eigenvalue weighted by Crippen LogP contribution is 2.19. The molecular weight excluding hydrogens is 234 g/mol. The molecular formula is C12H23N3OS. The van der Waals surface area contributed by atoms with E-state index in [1.165, 1.54) is 12.8 Å². The van der Waals surface area contributed by atoms with Crippen LogP contribution in [0.15, 0.2) is 0 Å². The molecule has 2 saturated heterocycles. The molecule has 2 aliphatic heterocycles. The third kappa shape index (κ3) is 4.48. The Morgan fingerprint density at radius 2 is 2.18 bits per heavy atom. The monoisotopic (exact) mass is 257 g/mol. The predicted octanol–water partition coefficient (Wildman–Crippen LogP) is 0.292. The number of nitrogens with zero attached hydrogens (tertiary/aromatic N) is 1. The Morgan fingerprint density at radius 1 is 1.41 bits per heavy atom. The van der Waals surface area contributed by atoms with Crippen LogP contribution in [0.3, 0.4) is 0 Å². The van der Waals surface area contributed by atoms with Gasteiger partial charge >= 0.3 is 0 Å². The Balaban J connectivity index is 1.60. The standard InChI is InChI=1S/C12H23N3OS/c1-15-7-4-10(8-15)14-12(16)9-17-11-2-5-13-6-3-11/h10-11,13H,2-9H2,1H3,(H,14,16). The molecule has 2 N–H and O–H groups in total. The summed E-state index contributed by atoms with van der Waals surface area (Å²) in [5.74, 6) is 0.846.